The fraction of sp³-hybridized carbons (Fsp3) is 0.367. The summed E-state index contributed by atoms with van der Waals surface area (Å²) in [5.74, 6) is 0.895. The third-order valence-electron chi connectivity index (χ3n) is 7.06. The molecule has 0 unspecified atom stereocenters. The first-order valence-electron chi connectivity index (χ1n) is 13.8. The van der Waals surface area contributed by atoms with Crippen LogP contribution >= 0.6 is 18.7 Å². The van der Waals surface area contributed by atoms with Gasteiger partial charge in [0, 0.05) is 55.3 Å². The summed E-state index contributed by atoms with van der Waals surface area (Å²) in [5.41, 5.74) is 2.27. The van der Waals surface area contributed by atoms with Gasteiger partial charge >= 0.3 is 0 Å². The average Bonchev–Trinajstić information content (AvgIpc) is 2.95. The number of carbonyl (C=O) groups is 1. The number of aromatic nitrogens is 2. The van der Waals surface area contributed by atoms with Crippen LogP contribution in [-0.2, 0) is 9.36 Å². The number of para-hydroxylation sites is 1. The zero-order valence-corrected chi connectivity index (χ0v) is 26.4. The molecule has 1 amide bonds. The number of halogens is 1. The van der Waals surface area contributed by atoms with Crippen molar-refractivity contribution >= 4 is 58.8 Å². The van der Waals surface area contributed by atoms with Gasteiger partial charge in [-0.2, -0.15) is 4.98 Å². The highest BCUT2D eigenvalue weighted by atomic mass is 35.5. The third-order valence-corrected chi connectivity index (χ3v) is 8.88. The number of ether oxygens (including phenoxy) is 1. The zero-order valence-electron chi connectivity index (χ0n) is 24.8. The second-order valence-electron chi connectivity index (χ2n) is 10.9. The van der Waals surface area contributed by atoms with Crippen LogP contribution in [0.25, 0.3) is 0 Å². The molecule has 42 heavy (non-hydrogen) atoms. The zero-order chi connectivity index (χ0) is 30.4. The van der Waals surface area contributed by atoms with Crippen LogP contribution in [0.4, 0.5) is 28.8 Å². The second kappa shape index (κ2) is 13.7. The van der Waals surface area contributed by atoms with Crippen LogP contribution < -0.4 is 26.0 Å². The predicted molar refractivity (Wildman–Crippen MR) is 173 cm³/mol. The Morgan fingerprint density at radius 3 is 2.48 bits per heavy atom. The Hall–Kier alpha value is -3.43. The van der Waals surface area contributed by atoms with Gasteiger partial charge < -0.3 is 25.3 Å². The molecule has 0 atom stereocenters. The summed E-state index contributed by atoms with van der Waals surface area (Å²) in [4.78, 5) is 26.5. The van der Waals surface area contributed by atoms with Gasteiger partial charge in [-0.15, -0.1) is 0 Å². The normalized spacial score (nSPS) is 14.5. The van der Waals surface area contributed by atoms with Gasteiger partial charge in [-0.05, 0) is 57.5 Å². The number of hydrogen-bond acceptors (Lipinski definition) is 9. The molecule has 1 fully saturated rings. The molecule has 0 aliphatic carbocycles. The molecule has 2 heterocycles. The van der Waals surface area contributed by atoms with E-state index in [0.717, 1.165) is 26.2 Å². The maximum absolute atomic E-state index is 13.0. The molecular formula is C30H39ClN7O3P. The highest BCUT2D eigenvalue weighted by molar-refractivity contribution is 7.70. The van der Waals surface area contributed by atoms with Crippen molar-refractivity contribution in [2.75, 3.05) is 69.1 Å². The standard InChI is InChI=1S/C30H39ClN7O3P/c1-20(2)38-15-13-37(14-16-38)19-21(3)29(39)33-22-11-12-26(41-4)25(17-22)35-30-32-18-23(31)28(36-30)34-24-9-7-8-10-27(24)42(5,6)40/h7-12,17-18,20H,3,13-16,19H2,1-2,4-6H3,(H,33,39)(H2,32,34,35,36). The molecule has 12 heteroatoms. The van der Waals surface area contributed by atoms with Crippen LogP contribution in [0.5, 0.6) is 5.75 Å². The summed E-state index contributed by atoms with van der Waals surface area (Å²) in [7, 11) is -0.997. The number of rotatable bonds is 11. The van der Waals surface area contributed by atoms with Gasteiger partial charge in [-0.1, -0.05) is 30.3 Å². The number of anilines is 5. The monoisotopic (exact) mass is 611 g/mol. The van der Waals surface area contributed by atoms with E-state index in [-0.39, 0.29) is 11.9 Å². The number of nitrogens with one attached hydrogen (secondary N) is 3. The minimum absolute atomic E-state index is 0.241. The van der Waals surface area contributed by atoms with Gasteiger partial charge in [0.2, 0.25) is 5.95 Å². The van der Waals surface area contributed by atoms with E-state index < -0.39 is 7.14 Å². The van der Waals surface area contributed by atoms with E-state index in [1.807, 2.05) is 24.3 Å². The molecule has 1 aliphatic heterocycles. The van der Waals surface area contributed by atoms with Crippen LogP contribution in [0.3, 0.4) is 0 Å². The Labute approximate surface area is 252 Å². The number of nitrogens with zero attached hydrogens (tertiary/aromatic N) is 4. The average molecular weight is 612 g/mol. The van der Waals surface area contributed by atoms with Gasteiger partial charge in [-0.3, -0.25) is 14.6 Å². The van der Waals surface area contributed by atoms with E-state index in [1.165, 1.54) is 6.20 Å². The summed E-state index contributed by atoms with van der Waals surface area (Å²) in [5, 5.41) is 10.3. The molecule has 3 aromatic rings. The molecule has 0 spiro atoms. The molecular weight excluding hydrogens is 573 g/mol. The minimum atomic E-state index is -2.55. The Balaban J connectivity index is 1.46. The SMILES string of the molecule is C=C(CN1CCN(C(C)C)CC1)C(=O)Nc1ccc(OC)c(Nc2ncc(Cl)c(Nc3ccccc3P(C)(C)=O)n2)c1. The highest BCUT2D eigenvalue weighted by Gasteiger charge is 2.21. The van der Waals surface area contributed by atoms with Crippen LogP contribution in [0.1, 0.15) is 13.8 Å². The molecule has 3 N–H and O–H groups in total. The van der Waals surface area contributed by atoms with E-state index in [2.05, 4.69) is 56.1 Å². The van der Waals surface area contributed by atoms with Crippen molar-refractivity contribution < 1.29 is 14.1 Å². The summed E-state index contributed by atoms with van der Waals surface area (Å²) < 4.78 is 18.3. The van der Waals surface area contributed by atoms with Gasteiger partial charge in [0.1, 0.15) is 17.9 Å². The van der Waals surface area contributed by atoms with Gasteiger partial charge in [0.25, 0.3) is 5.91 Å². The Morgan fingerprint density at radius 1 is 1.10 bits per heavy atom. The fourth-order valence-electron chi connectivity index (χ4n) is 4.69. The smallest absolute Gasteiger partial charge is 0.252 e. The third kappa shape index (κ3) is 8.10. The first-order valence-corrected chi connectivity index (χ1v) is 16.8. The Bertz CT molecular complexity index is 1490. The molecule has 1 saturated heterocycles. The van der Waals surface area contributed by atoms with Crippen molar-refractivity contribution in [3.05, 3.63) is 65.8 Å². The molecule has 224 valence electrons. The minimum Gasteiger partial charge on any atom is -0.495 e. The van der Waals surface area contributed by atoms with Gasteiger partial charge in [0.05, 0.1) is 24.7 Å². The van der Waals surface area contributed by atoms with Gasteiger partial charge in [0.15, 0.2) is 5.82 Å². The molecule has 2 aromatic carbocycles. The Morgan fingerprint density at radius 2 is 1.81 bits per heavy atom. The van der Waals surface area contributed by atoms with E-state index in [9.17, 15) is 9.36 Å². The van der Waals surface area contributed by atoms with E-state index >= 15 is 0 Å². The largest absolute Gasteiger partial charge is 0.495 e. The molecule has 1 aromatic heterocycles. The van der Waals surface area contributed by atoms with Crippen molar-refractivity contribution in [3.8, 4) is 5.75 Å². The van der Waals surface area contributed by atoms with E-state index in [4.69, 9.17) is 16.3 Å². The number of carbonyl (C=O) groups excluding carboxylic acids is 1. The number of amides is 1. The number of benzene rings is 2. The second-order valence-corrected chi connectivity index (χ2v) is 14.5. The van der Waals surface area contributed by atoms with Crippen molar-refractivity contribution in [1.29, 1.82) is 0 Å². The fourth-order valence-corrected chi connectivity index (χ4v) is 5.99. The molecule has 0 saturated carbocycles. The number of piperazine rings is 1. The highest BCUT2D eigenvalue weighted by Crippen LogP contribution is 2.39. The van der Waals surface area contributed by atoms with Crippen LogP contribution in [0, 0.1) is 0 Å². The van der Waals surface area contributed by atoms with E-state index in [1.54, 1.807) is 38.6 Å². The first-order chi connectivity index (χ1) is 19.9. The van der Waals surface area contributed by atoms with Crippen LogP contribution in [0.2, 0.25) is 5.02 Å². The Kier molecular flexibility index (Phi) is 10.3. The molecule has 4 rings (SSSR count). The van der Waals surface area contributed by atoms with Crippen LogP contribution in [0.15, 0.2) is 60.8 Å². The maximum atomic E-state index is 13.0. The summed E-state index contributed by atoms with van der Waals surface area (Å²) in [6.45, 7) is 16.1. The van der Waals surface area contributed by atoms with Gasteiger partial charge in [-0.25, -0.2) is 4.98 Å². The number of hydrogen-bond donors (Lipinski definition) is 3. The van der Waals surface area contributed by atoms with Crippen LogP contribution in [-0.4, -0.2) is 84.9 Å². The lowest BCUT2D eigenvalue weighted by molar-refractivity contribution is -0.113. The maximum Gasteiger partial charge on any atom is 0.252 e. The van der Waals surface area contributed by atoms with Crippen molar-refractivity contribution in [1.82, 2.24) is 19.8 Å². The predicted octanol–water partition coefficient (Wildman–Crippen LogP) is 5.39. The van der Waals surface area contributed by atoms with Crippen molar-refractivity contribution in [2.24, 2.45) is 0 Å². The lowest BCUT2D eigenvalue weighted by Gasteiger charge is -2.37. The lowest BCUT2D eigenvalue weighted by Crippen LogP contribution is -2.49. The quantitative estimate of drug-likeness (QED) is 0.194. The summed E-state index contributed by atoms with van der Waals surface area (Å²) >= 11 is 6.41. The molecule has 10 nitrogen and oxygen atoms in total. The molecule has 0 bridgehead atoms. The topological polar surface area (TPSA) is 112 Å². The van der Waals surface area contributed by atoms with Crippen molar-refractivity contribution in [3.63, 3.8) is 0 Å². The van der Waals surface area contributed by atoms with Crippen molar-refractivity contribution in [2.45, 2.75) is 19.9 Å². The summed E-state index contributed by atoms with van der Waals surface area (Å²) in [6, 6.07) is 13.1. The first kappa shape index (κ1) is 31.5. The number of methoxy groups -OCH3 is 1. The molecule has 0 radical (unpaired) electrons. The molecule has 1 aliphatic rings. The van der Waals surface area contributed by atoms with E-state index in [0.29, 0.717) is 57.1 Å². The lowest BCUT2D eigenvalue weighted by atomic mass is 10.2. The summed E-state index contributed by atoms with van der Waals surface area (Å²) in [6.07, 6.45) is 1.47.